The highest BCUT2D eigenvalue weighted by Gasteiger charge is 2.27. The molecule has 0 radical (unpaired) electrons. The van der Waals surface area contributed by atoms with Crippen molar-refractivity contribution >= 4 is 34.8 Å². The number of carbonyl (C=O) groups excluding carboxylic acids is 2. The average molecular weight is 398 g/mol. The van der Waals surface area contributed by atoms with Crippen molar-refractivity contribution in [2.45, 2.75) is 44.1 Å². The Kier molecular flexibility index (Phi) is 5.27. The minimum Gasteiger partial charge on any atom is -0.366 e. The van der Waals surface area contributed by atoms with Crippen LogP contribution in [0, 0.1) is 0 Å². The van der Waals surface area contributed by atoms with Gasteiger partial charge in [0, 0.05) is 30.5 Å². The fourth-order valence-electron chi connectivity index (χ4n) is 3.51. The molecule has 28 heavy (non-hydrogen) atoms. The van der Waals surface area contributed by atoms with Crippen LogP contribution in [-0.2, 0) is 17.8 Å². The first-order valence-electron chi connectivity index (χ1n) is 9.73. The first kappa shape index (κ1) is 18.8. The normalized spacial score (nSPS) is 16.9. The third kappa shape index (κ3) is 4.14. The molecule has 5 nitrogen and oxygen atoms in total. The van der Waals surface area contributed by atoms with Gasteiger partial charge in [0.1, 0.15) is 5.38 Å². The van der Waals surface area contributed by atoms with Gasteiger partial charge in [0.2, 0.25) is 5.91 Å². The molecule has 1 aliphatic heterocycles. The number of nitrogens with zero attached hydrogens (tertiary/aromatic N) is 1. The molecule has 1 atom stereocenters. The van der Waals surface area contributed by atoms with Gasteiger partial charge in [-0.05, 0) is 55.5 Å². The minimum absolute atomic E-state index is 0.0913. The lowest BCUT2D eigenvalue weighted by Gasteiger charge is -2.32. The molecular weight excluding hydrogens is 374 g/mol. The predicted octanol–water partition coefficient (Wildman–Crippen LogP) is 3.71. The van der Waals surface area contributed by atoms with Gasteiger partial charge in [-0.15, -0.1) is 11.6 Å². The number of hydrogen-bond acceptors (Lipinski definition) is 3. The number of halogens is 1. The molecule has 4 rings (SSSR count). The highest BCUT2D eigenvalue weighted by Crippen LogP contribution is 2.30. The molecule has 1 heterocycles. The lowest BCUT2D eigenvalue weighted by molar-refractivity contribution is -0.115. The maximum absolute atomic E-state index is 12.9. The molecule has 2 aromatic carbocycles. The van der Waals surface area contributed by atoms with E-state index in [0.717, 1.165) is 38.0 Å². The standard InChI is InChI=1S/C22H24ClN3O2/c1-14(23)21(27)25-18-8-9-20(19(12-18)22(28)24-17-6-7-17)26-11-10-15-4-2-3-5-16(15)13-26/h2-5,8-9,12,14,17H,6-7,10-11,13H2,1H3,(H,24,28)(H,25,27)/t14-/m0/s1. The van der Waals surface area contributed by atoms with E-state index in [2.05, 4.69) is 39.8 Å². The molecule has 0 bridgehead atoms. The van der Waals surface area contributed by atoms with Gasteiger partial charge in [0.05, 0.1) is 5.56 Å². The smallest absolute Gasteiger partial charge is 0.253 e. The summed E-state index contributed by atoms with van der Waals surface area (Å²) in [6.45, 7) is 3.24. The van der Waals surface area contributed by atoms with Crippen molar-refractivity contribution in [3.8, 4) is 0 Å². The second-order valence-corrected chi connectivity index (χ2v) is 8.18. The fraction of sp³-hybridized carbons (Fsp3) is 0.364. The molecule has 6 heteroatoms. The molecule has 1 aliphatic carbocycles. The third-order valence-electron chi connectivity index (χ3n) is 5.25. The first-order valence-corrected chi connectivity index (χ1v) is 10.2. The van der Waals surface area contributed by atoms with Crippen LogP contribution in [0.25, 0.3) is 0 Å². The molecule has 2 aromatic rings. The van der Waals surface area contributed by atoms with Crippen molar-refractivity contribution < 1.29 is 9.59 Å². The molecule has 2 aliphatic rings. The Morgan fingerprint density at radius 3 is 2.61 bits per heavy atom. The van der Waals surface area contributed by atoms with E-state index in [0.29, 0.717) is 11.3 Å². The quantitative estimate of drug-likeness (QED) is 0.756. The second kappa shape index (κ2) is 7.84. The van der Waals surface area contributed by atoms with Gasteiger partial charge >= 0.3 is 0 Å². The van der Waals surface area contributed by atoms with Crippen LogP contribution in [0.3, 0.4) is 0 Å². The zero-order valence-electron chi connectivity index (χ0n) is 15.9. The van der Waals surface area contributed by atoms with Crippen LogP contribution in [0.4, 0.5) is 11.4 Å². The summed E-state index contributed by atoms with van der Waals surface area (Å²) in [5.41, 5.74) is 4.72. The summed E-state index contributed by atoms with van der Waals surface area (Å²) in [6, 6.07) is 14.2. The van der Waals surface area contributed by atoms with Gasteiger partial charge in [-0.2, -0.15) is 0 Å². The zero-order valence-corrected chi connectivity index (χ0v) is 16.6. The lowest BCUT2D eigenvalue weighted by atomic mass is 9.98. The Morgan fingerprint density at radius 2 is 1.89 bits per heavy atom. The molecule has 1 fully saturated rings. The number of rotatable bonds is 5. The van der Waals surface area contributed by atoms with Crippen molar-refractivity contribution in [3.63, 3.8) is 0 Å². The largest absolute Gasteiger partial charge is 0.366 e. The van der Waals surface area contributed by atoms with Crippen LogP contribution in [0.5, 0.6) is 0 Å². The Labute approximate surface area is 170 Å². The summed E-state index contributed by atoms with van der Waals surface area (Å²) in [6.07, 6.45) is 3.00. The van der Waals surface area contributed by atoms with Gasteiger partial charge in [-0.25, -0.2) is 0 Å². The number of benzene rings is 2. The Hall–Kier alpha value is -2.53. The summed E-state index contributed by atoms with van der Waals surface area (Å²) in [4.78, 5) is 27.1. The van der Waals surface area contributed by atoms with E-state index >= 15 is 0 Å². The van der Waals surface area contributed by atoms with Crippen LogP contribution in [0.1, 0.15) is 41.3 Å². The predicted molar refractivity (Wildman–Crippen MR) is 112 cm³/mol. The number of alkyl halides is 1. The average Bonchev–Trinajstić information content (AvgIpc) is 3.51. The monoisotopic (exact) mass is 397 g/mol. The van der Waals surface area contributed by atoms with Gasteiger partial charge in [0.25, 0.3) is 5.91 Å². The van der Waals surface area contributed by atoms with Gasteiger partial charge in [0.15, 0.2) is 0 Å². The van der Waals surface area contributed by atoms with Crippen molar-refractivity contribution in [1.82, 2.24) is 5.32 Å². The van der Waals surface area contributed by atoms with Crippen molar-refractivity contribution in [1.29, 1.82) is 0 Å². The summed E-state index contributed by atoms with van der Waals surface area (Å²) in [5.74, 6) is -0.374. The molecular formula is C22H24ClN3O2. The second-order valence-electron chi connectivity index (χ2n) is 7.53. The van der Waals surface area contributed by atoms with Gasteiger partial charge in [-0.3, -0.25) is 9.59 Å². The zero-order chi connectivity index (χ0) is 19.7. The molecule has 2 N–H and O–H groups in total. The molecule has 146 valence electrons. The van der Waals surface area contributed by atoms with E-state index in [1.165, 1.54) is 11.1 Å². The van der Waals surface area contributed by atoms with Gasteiger partial charge < -0.3 is 15.5 Å². The van der Waals surface area contributed by atoms with Crippen LogP contribution < -0.4 is 15.5 Å². The van der Waals surface area contributed by atoms with Crippen LogP contribution in [-0.4, -0.2) is 29.8 Å². The number of carbonyl (C=O) groups is 2. The SMILES string of the molecule is C[C@H](Cl)C(=O)Nc1ccc(N2CCc3ccccc3C2)c(C(=O)NC2CC2)c1. The Morgan fingerprint density at radius 1 is 1.14 bits per heavy atom. The van der Waals surface area contributed by atoms with E-state index in [1.807, 2.05) is 12.1 Å². The summed E-state index contributed by atoms with van der Waals surface area (Å²) in [5, 5.41) is 5.21. The number of nitrogens with one attached hydrogen (secondary N) is 2. The van der Waals surface area contributed by atoms with Crippen molar-refractivity contribution in [2.75, 3.05) is 16.8 Å². The highest BCUT2D eigenvalue weighted by atomic mass is 35.5. The number of anilines is 2. The highest BCUT2D eigenvalue weighted by molar-refractivity contribution is 6.32. The molecule has 0 unspecified atom stereocenters. The number of fused-ring (bicyclic) bond motifs is 1. The fourth-order valence-corrected chi connectivity index (χ4v) is 3.56. The number of amides is 2. The maximum Gasteiger partial charge on any atom is 0.253 e. The van der Waals surface area contributed by atoms with E-state index in [-0.39, 0.29) is 17.9 Å². The Bertz CT molecular complexity index is 908. The topological polar surface area (TPSA) is 61.4 Å². The summed E-state index contributed by atoms with van der Waals surface area (Å²) >= 11 is 5.86. The molecule has 2 amide bonds. The third-order valence-corrected chi connectivity index (χ3v) is 5.45. The summed E-state index contributed by atoms with van der Waals surface area (Å²) < 4.78 is 0. The molecule has 0 saturated heterocycles. The van der Waals surface area contributed by atoms with Gasteiger partial charge in [-0.1, -0.05) is 24.3 Å². The van der Waals surface area contributed by atoms with Crippen molar-refractivity contribution in [3.05, 3.63) is 59.2 Å². The van der Waals surface area contributed by atoms with E-state index in [9.17, 15) is 9.59 Å². The lowest BCUT2D eigenvalue weighted by Crippen LogP contribution is -2.33. The molecule has 0 spiro atoms. The molecule has 1 saturated carbocycles. The minimum atomic E-state index is -0.637. The Balaban J connectivity index is 1.63. The van der Waals surface area contributed by atoms with E-state index < -0.39 is 5.38 Å². The maximum atomic E-state index is 12.9. The first-order chi connectivity index (χ1) is 13.5. The van der Waals surface area contributed by atoms with Crippen LogP contribution in [0.15, 0.2) is 42.5 Å². The van der Waals surface area contributed by atoms with Crippen molar-refractivity contribution in [2.24, 2.45) is 0 Å². The van der Waals surface area contributed by atoms with E-state index in [4.69, 9.17) is 11.6 Å². The van der Waals surface area contributed by atoms with E-state index in [1.54, 1.807) is 13.0 Å². The van der Waals surface area contributed by atoms with Crippen LogP contribution >= 0.6 is 11.6 Å². The number of hydrogen-bond donors (Lipinski definition) is 2. The van der Waals surface area contributed by atoms with Crippen LogP contribution in [0.2, 0.25) is 0 Å². The molecule has 0 aromatic heterocycles. The summed E-state index contributed by atoms with van der Waals surface area (Å²) in [7, 11) is 0.